The molecule has 3 rings (SSSR count). The lowest BCUT2D eigenvalue weighted by Gasteiger charge is -2.36. The molecule has 142 valence electrons. The third-order valence-corrected chi connectivity index (χ3v) is 4.74. The summed E-state index contributed by atoms with van der Waals surface area (Å²) in [5.41, 5.74) is 3.86. The van der Waals surface area contributed by atoms with E-state index >= 15 is 0 Å². The van der Waals surface area contributed by atoms with Crippen LogP contribution in [0.5, 0.6) is 0 Å². The number of rotatable bonds is 4. The summed E-state index contributed by atoms with van der Waals surface area (Å²) in [6.45, 7) is 6.41. The Balaban J connectivity index is 1.58. The zero-order valence-corrected chi connectivity index (χ0v) is 15.9. The van der Waals surface area contributed by atoms with Crippen molar-refractivity contribution < 1.29 is 9.59 Å². The fourth-order valence-corrected chi connectivity index (χ4v) is 3.30. The highest BCUT2D eigenvalue weighted by Gasteiger charge is 2.22. The molecule has 0 saturated carbocycles. The van der Waals surface area contributed by atoms with Crippen molar-refractivity contribution in [3.8, 4) is 0 Å². The number of hydrogen-bond donors (Lipinski definition) is 2. The topological polar surface area (TPSA) is 64.7 Å². The average Bonchev–Trinajstić information content (AvgIpc) is 2.68. The highest BCUT2D eigenvalue weighted by Crippen LogP contribution is 2.22. The molecule has 27 heavy (non-hydrogen) atoms. The predicted molar refractivity (Wildman–Crippen MR) is 109 cm³/mol. The van der Waals surface area contributed by atoms with Crippen LogP contribution in [0.25, 0.3) is 0 Å². The van der Waals surface area contributed by atoms with Gasteiger partial charge in [-0.15, -0.1) is 0 Å². The van der Waals surface area contributed by atoms with Crippen LogP contribution in [-0.2, 0) is 11.2 Å². The zero-order chi connectivity index (χ0) is 19.2. The number of amides is 3. The SMILES string of the molecule is CCc1ccccc1NC(=O)N1CCN(c2cccc(NC(C)=O)c2)CC1. The summed E-state index contributed by atoms with van der Waals surface area (Å²) in [5, 5.41) is 5.85. The van der Waals surface area contributed by atoms with Crippen LogP contribution in [0.15, 0.2) is 48.5 Å². The Kier molecular flexibility index (Phi) is 5.96. The minimum absolute atomic E-state index is 0.0532. The van der Waals surface area contributed by atoms with Crippen molar-refractivity contribution in [1.29, 1.82) is 0 Å². The van der Waals surface area contributed by atoms with E-state index in [0.29, 0.717) is 13.1 Å². The summed E-state index contributed by atoms with van der Waals surface area (Å²) in [5.74, 6) is -0.0824. The third kappa shape index (κ3) is 4.78. The summed E-state index contributed by atoms with van der Waals surface area (Å²) < 4.78 is 0. The third-order valence-electron chi connectivity index (χ3n) is 4.74. The van der Waals surface area contributed by atoms with Gasteiger partial charge in [-0.05, 0) is 36.2 Å². The van der Waals surface area contributed by atoms with Crippen LogP contribution in [0.3, 0.4) is 0 Å². The Morgan fingerprint density at radius 3 is 2.41 bits per heavy atom. The number of carbonyl (C=O) groups excluding carboxylic acids is 2. The van der Waals surface area contributed by atoms with Crippen molar-refractivity contribution in [3.63, 3.8) is 0 Å². The summed E-state index contributed by atoms with van der Waals surface area (Å²) in [4.78, 5) is 27.9. The molecule has 6 heteroatoms. The first-order valence-electron chi connectivity index (χ1n) is 9.33. The number of aryl methyl sites for hydroxylation is 1. The highest BCUT2D eigenvalue weighted by atomic mass is 16.2. The molecule has 1 fully saturated rings. The first-order valence-corrected chi connectivity index (χ1v) is 9.33. The first-order chi connectivity index (χ1) is 13.1. The molecule has 1 heterocycles. The van der Waals surface area contributed by atoms with Gasteiger partial charge in [-0.3, -0.25) is 4.79 Å². The Morgan fingerprint density at radius 2 is 1.70 bits per heavy atom. The van der Waals surface area contributed by atoms with Crippen LogP contribution in [-0.4, -0.2) is 43.0 Å². The van der Waals surface area contributed by atoms with Gasteiger partial charge in [-0.2, -0.15) is 0 Å². The van der Waals surface area contributed by atoms with Gasteiger partial charge in [-0.25, -0.2) is 4.79 Å². The first kappa shape index (κ1) is 18.8. The van der Waals surface area contributed by atoms with Gasteiger partial charge >= 0.3 is 6.03 Å². The van der Waals surface area contributed by atoms with Gasteiger partial charge in [0.2, 0.25) is 5.91 Å². The molecule has 0 spiro atoms. The van der Waals surface area contributed by atoms with E-state index in [0.717, 1.165) is 42.1 Å². The number of carbonyl (C=O) groups is 2. The average molecular weight is 366 g/mol. The number of hydrogen-bond acceptors (Lipinski definition) is 3. The molecule has 1 aliphatic rings. The molecule has 0 unspecified atom stereocenters. The zero-order valence-electron chi connectivity index (χ0n) is 15.9. The van der Waals surface area contributed by atoms with Gasteiger partial charge in [0.1, 0.15) is 0 Å². The Hall–Kier alpha value is -3.02. The second-order valence-electron chi connectivity index (χ2n) is 6.65. The Labute approximate surface area is 160 Å². The molecule has 0 aliphatic carbocycles. The summed E-state index contributed by atoms with van der Waals surface area (Å²) >= 11 is 0. The van der Waals surface area contributed by atoms with Crippen LogP contribution in [0, 0.1) is 0 Å². The van der Waals surface area contributed by atoms with Crippen molar-refractivity contribution in [2.75, 3.05) is 41.7 Å². The minimum Gasteiger partial charge on any atom is -0.368 e. The summed E-state index contributed by atoms with van der Waals surface area (Å²) in [6, 6.07) is 15.7. The molecule has 0 bridgehead atoms. The lowest BCUT2D eigenvalue weighted by Crippen LogP contribution is -2.50. The fraction of sp³-hybridized carbons (Fsp3) is 0.333. The van der Waals surface area contributed by atoms with Crippen LogP contribution < -0.4 is 15.5 Å². The molecule has 0 atom stereocenters. The molecule has 1 aliphatic heterocycles. The Bertz CT molecular complexity index is 813. The van der Waals surface area contributed by atoms with Gasteiger partial charge < -0.3 is 20.4 Å². The molecular weight excluding hydrogens is 340 g/mol. The molecule has 2 aromatic rings. The number of benzene rings is 2. The van der Waals surface area contributed by atoms with Gasteiger partial charge in [0.05, 0.1) is 0 Å². The lowest BCUT2D eigenvalue weighted by molar-refractivity contribution is -0.114. The number of anilines is 3. The molecular formula is C21H26N4O2. The number of nitrogens with one attached hydrogen (secondary N) is 2. The number of urea groups is 1. The summed E-state index contributed by atoms with van der Waals surface area (Å²) in [6.07, 6.45) is 0.884. The van der Waals surface area contributed by atoms with Crippen molar-refractivity contribution in [3.05, 3.63) is 54.1 Å². The minimum atomic E-state index is -0.0824. The van der Waals surface area contributed by atoms with E-state index in [4.69, 9.17) is 0 Å². The van der Waals surface area contributed by atoms with E-state index in [-0.39, 0.29) is 11.9 Å². The highest BCUT2D eigenvalue weighted by molar-refractivity contribution is 5.90. The van der Waals surface area contributed by atoms with Gasteiger partial charge in [0, 0.05) is 50.2 Å². The van der Waals surface area contributed by atoms with E-state index in [9.17, 15) is 9.59 Å². The van der Waals surface area contributed by atoms with Gasteiger partial charge in [0.15, 0.2) is 0 Å². The lowest BCUT2D eigenvalue weighted by atomic mass is 10.1. The second-order valence-corrected chi connectivity index (χ2v) is 6.65. The number of para-hydroxylation sites is 1. The number of piperazine rings is 1. The van der Waals surface area contributed by atoms with Crippen molar-refractivity contribution in [1.82, 2.24) is 4.90 Å². The summed E-state index contributed by atoms with van der Waals surface area (Å²) in [7, 11) is 0. The quantitative estimate of drug-likeness (QED) is 0.870. The molecule has 2 aromatic carbocycles. The molecule has 1 saturated heterocycles. The molecule has 0 aromatic heterocycles. The van der Waals surface area contributed by atoms with Crippen LogP contribution in [0.4, 0.5) is 21.9 Å². The maximum absolute atomic E-state index is 12.6. The normalized spacial score (nSPS) is 14.0. The van der Waals surface area contributed by atoms with E-state index < -0.39 is 0 Å². The molecule has 0 radical (unpaired) electrons. The van der Waals surface area contributed by atoms with Gasteiger partial charge in [-0.1, -0.05) is 31.2 Å². The van der Waals surface area contributed by atoms with E-state index in [1.165, 1.54) is 6.92 Å². The van der Waals surface area contributed by atoms with Crippen molar-refractivity contribution in [2.45, 2.75) is 20.3 Å². The largest absolute Gasteiger partial charge is 0.368 e. The van der Waals surface area contributed by atoms with Crippen molar-refractivity contribution >= 4 is 29.0 Å². The Morgan fingerprint density at radius 1 is 0.963 bits per heavy atom. The monoisotopic (exact) mass is 366 g/mol. The maximum atomic E-state index is 12.6. The van der Waals surface area contributed by atoms with E-state index in [1.807, 2.05) is 53.4 Å². The van der Waals surface area contributed by atoms with E-state index in [1.54, 1.807) is 0 Å². The van der Waals surface area contributed by atoms with Gasteiger partial charge in [0.25, 0.3) is 0 Å². The second kappa shape index (κ2) is 8.58. The van der Waals surface area contributed by atoms with Crippen LogP contribution in [0.2, 0.25) is 0 Å². The fourth-order valence-electron chi connectivity index (χ4n) is 3.30. The van der Waals surface area contributed by atoms with E-state index in [2.05, 4.69) is 22.5 Å². The van der Waals surface area contributed by atoms with Crippen molar-refractivity contribution in [2.24, 2.45) is 0 Å². The number of nitrogens with zero attached hydrogens (tertiary/aromatic N) is 2. The van der Waals surface area contributed by atoms with Crippen LogP contribution in [0.1, 0.15) is 19.4 Å². The standard InChI is InChI=1S/C21H26N4O2/c1-3-17-7-4-5-10-20(17)23-21(27)25-13-11-24(12-14-25)19-9-6-8-18(15-19)22-16(2)26/h4-10,15H,3,11-14H2,1-2H3,(H,22,26)(H,23,27). The maximum Gasteiger partial charge on any atom is 0.321 e. The molecule has 2 N–H and O–H groups in total. The predicted octanol–water partition coefficient (Wildman–Crippen LogP) is 3.56. The molecule has 3 amide bonds. The molecule has 6 nitrogen and oxygen atoms in total. The smallest absolute Gasteiger partial charge is 0.321 e. The van der Waals surface area contributed by atoms with Crippen LogP contribution >= 0.6 is 0 Å².